The summed E-state index contributed by atoms with van der Waals surface area (Å²) in [7, 11) is 0. The van der Waals surface area contributed by atoms with Crippen LogP contribution in [0.1, 0.15) is 5.56 Å². The summed E-state index contributed by atoms with van der Waals surface area (Å²) >= 11 is 0. The first-order valence-corrected chi connectivity index (χ1v) is 8.78. The lowest BCUT2D eigenvalue weighted by molar-refractivity contribution is -0.137. The summed E-state index contributed by atoms with van der Waals surface area (Å²) in [4.78, 5) is 12.0. The van der Waals surface area contributed by atoms with Crippen LogP contribution in [0, 0.1) is 0 Å². The molecule has 0 unspecified atom stereocenters. The number of hydrogen-bond donors (Lipinski definition) is 1. The van der Waals surface area contributed by atoms with Gasteiger partial charge in [0.2, 0.25) is 5.95 Å². The van der Waals surface area contributed by atoms with E-state index in [2.05, 4.69) is 31.9 Å². The van der Waals surface area contributed by atoms with Crippen LogP contribution in [0.25, 0.3) is 11.3 Å². The number of rotatable bonds is 3. The topological polar surface area (TPSA) is 35.2 Å². The van der Waals surface area contributed by atoms with E-state index in [0.717, 1.165) is 38.3 Å². The minimum absolute atomic E-state index is 0.478. The van der Waals surface area contributed by atoms with Crippen LogP contribution >= 0.6 is 0 Å². The molecule has 1 aromatic heterocycles. The van der Waals surface area contributed by atoms with E-state index in [1.54, 1.807) is 12.3 Å². The van der Waals surface area contributed by atoms with Gasteiger partial charge in [-0.15, -0.1) is 0 Å². The van der Waals surface area contributed by atoms with E-state index in [1.165, 1.54) is 11.8 Å². The van der Waals surface area contributed by atoms with Crippen LogP contribution in [0.2, 0.25) is 0 Å². The highest BCUT2D eigenvalue weighted by Gasteiger charge is 2.30. The Morgan fingerprint density at radius 1 is 0.852 bits per heavy atom. The quantitative estimate of drug-likeness (QED) is 0.739. The third-order valence-electron chi connectivity index (χ3n) is 4.76. The van der Waals surface area contributed by atoms with Crippen LogP contribution in [0.5, 0.6) is 0 Å². The van der Waals surface area contributed by atoms with Gasteiger partial charge in [0.15, 0.2) is 0 Å². The summed E-state index contributed by atoms with van der Waals surface area (Å²) in [5.41, 5.74) is 1.60. The smallest absolute Gasteiger partial charge is 0.368 e. The number of aromatic nitrogens is 2. The molecule has 0 atom stereocenters. The van der Waals surface area contributed by atoms with Gasteiger partial charge in [-0.05, 0) is 24.3 Å². The highest BCUT2D eigenvalue weighted by molar-refractivity contribution is 5.62. The van der Waals surface area contributed by atoms with Gasteiger partial charge in [-0.25, -0.2) is 4.98 Å². The van der Waals surface area contributed by atoms with Crippen molar-refractivity contribution < 1.29 is 13.2 Å². The summed E-state index contributed by atoms with van der Waals surface area (Å²) in [6.45, 7) is 3.32. The van der Waals surface area contributed by atoms with Crippen molar-refractivity contribution in [2.75, 3.05) is 36.0 Å². The van der Waals surface area contributed by atoms with E-state index in [1.807, 2.05) is 18.2 Å². The monoisotopic (exact) mass is 372 g/mol. The van der Waals surface area contributed by atoms with Crippen LogP contribution in [0.3, 0.4) is 0 Å². The number of imidazole rings is 1. The number of benzene rings is 2. The highest BCUT2D eigenvalue weighted by atomic mass is 19.4. The van der Waals surface area contributed by atoms with Gasteiger partial charge in [-0.1, -0.05) is 30.3 Å². The fourth-order valence-corrected chi connectivity index (χ4v) is 3.30. The molecule has 0 aliphatic carbocycles. The molecular formula is C20H19F3N4. The average molecular weight is 372 g/mol. The second-order valence-corrected chi connectivity index (χ2v) is 6.51. The predicted octanol–water partition coefficient (Wildman–Crippen LogP) is 4.42. The summed E-state index contributed by atoms with van der Waals surface area (Å²) in [6.07, 6.45) is -2.76. The van der Waals surface area contributed by atoms with Crippen molar-refractivity contribution in [3.05, 3.63) is 66.4 Å². The molecule has 0 radical (unpaired) electrons. The zero-order chi connectivity index (χ0) is 18.9. The predicted molar refractivity (Wildman–Crippen MR) is 99.9 cm³/mol. The number of piperazine rings is 1. The first-order chi connectivity index (χ1) is 13.0. The Labute approximate surface area is 155 Å². The third kappa shape index (κ3) is 3.77. The molecule has 2 heterocycles. The van der Waals surface area contributed by atoms with Gasteiger partial charge in [-0.3, -0.25) is 0 Å². The Morgan fingerprint density at radius 2 is 1.56 bits per heavy atom. The molecule has 0 spiro atoms. The molecule has 4 nitrogen and oxygen atoms in total. The second-order valence-electron chi connectivity index (χ2n) is 6.51. The minimum atomic E-state index is -4.35. The van der Waals surface area contributed by atoms with Gasteiger partial charge in [0.25, 0.3) is 0 Å². The van der Waals surface area contributed by atoms with Crippen LogP contribution in [0.15, 0.2) is 60.8 Å². The number of alkyl halides is 3. The first-order valence-electron chi connectivity index (χ1n) is 8.78. The molecule has 2 aromatic carbocycles. The molecule has 0 saturated carbocycles. The largest absolute Gasteiger partial charge is 0.416 e. The van der Waals surface area contributed by atoms with E-state index >= 15 is 0 Å². The normalized spacial score (nSPS) is 15.2. The Morgan fingerprint density at radius 3 is 2.26 bits per heavy atom. The molecule has 27 heavy (non-hydrogen) atoms. The number of hydrogen-bond acceptors (Lipinski definition) is 3. The number of halogens is 3. The number of aromatic amines is 1. The van der Waals surface area contributed by atoms with E-state index < -0.39 is 11.7 Å². The maximum Gasteiger partial charge on any atom is 0.416 e. The molecule has 1 fully saturated rings. The maximum atomic E-state index is 12.9. The second kappa shape index (κ2) is 6.98. The zero-order valence-corrected chi connectivity index (χ0v) is 14.6. The van der Waals surface area contributed by atoms with Gasteiger partial charge < -0.3 is 14.8 Å². The van der Waals surface area contributed by atoms with Gasteiger partial charge in [0, 0.05) is 37.4 Å². The van der Waals surface area contributed by atoms with E-state index in [4.69, 9.17) is 0 Å². The fraction of sp³-hybridized carbons (Fsp3) is 0.250. The maximum absolute atomic E-state index is 12.9. The zero-order valence-electron chi connectivity index (χ0n) is 14.6. The summed E-state index contributed by atoms with van der Waals surface area (Å²) in [5.74, 6) is 0.690. The van der Waals surface area contributed by atoms with E-state index in [-0.39, 0.29) is 0 Å². The molecule has 1 N–H and O–H groups in total. The molecule has 0 amide bonds. The molecule has 1 aliphatic rings. The van der Waals surface area contributed by atoms with Crippen molar-refractivity contribution >= 4 is 11.6 Å². The van der Waals surface area contributed by atoms with Crippen LogP contribution in [-0.4, -0.2) is 36.1 Å². The lowest BCUT2D eigenvalue weighted by Crippen LogP contribution is -2.46. The lowest BCUT2D eigenvalue weighted by Gasteiger charge is -2.36. The highest BCUT2D eigenvalue weighted by Crippen LogP contribution is 2.32. The molecule has 3 aromatic rings. The van der Waals surface area contributed by atoms with E-state index in [9.17, 15) is 13.2 Å². The summed E-state index contributed by atoms with van der Waals surface area (Å²) in [5, 5.41) is 0. The number of H-pyrrole nitrogens is 1. The van der Waals surface area contributed by atoms with Crippen molar-refractivity contribution in [3.8, 4) is 11.3 Å². The number of nitrogens with one attached hydrogen (secondary N) is 1. The van der Waals surface area contributed by atoms with E-state index in [0.29, 0.717) is 17.2 Å². The van der Waals surface area contributed by atoms with Gasteiger partial charge in [0.1, 0.15) is 0 Å². The van der Waals surface area contributed by atoms with Crippen LogP contribution in [0.4, 0.5) is 24.8 Å². The average Bonchev–Trinajstić information content (AvgIpc) is 3.19. The minimum Gasteiger partial charge on any atom is -0.368 e. The van der Waals surface area contributed by atoms with Crippen molar-refractivity contribution in [3.63, 3.8) is 0 Å². The Balaban J connectivity index is 1.46. The fourth-order valence-electron chi connectivity index (χ4n) is 3.30. The molecule has 0 bridgehead atoms. The van der Waals surface area contributed by atoms with Gasteiger partial charge >= 0.3 is 6.18 Å². The molecular weight excluding hydrogens is 353 g/mol. The van der Waals surface area contributed by atoms with Crippen molar-refractivity contribution in [1.82, 2.24) is 9.97 Å². The van der Waals surface area contributed by atoms with Crippen molar-refractivity contribution in [2.24, 2.45) is 0 Å². The molecule has 140 valence electrons. The molecule has 1 saturated heterocycles. The van der Waals surface area contributed by atoms with Crippen LogP contribution in [-0.2, 0) is 6.18 Å². The van der Waals surface area contributed by atoms with Crippen molar-refractivity contribution in [2.45, 2.75) is 6.18 Å². The number of anilines is 2. The number of para-hydroxylation sites is 1. The standard InChI is InChI=1S/C20H19F3N4/c21-20(22,23)16-6-4-5-15(13-16)18-14-24-19(25-18)27-11-9-26(10-12-27)17-7-2-1-3-8-17/h1-8,13-14H,9-12H2,(H,24,25). The summed E-state index contributed by atoms with van der Waals surface area (Å²) in [6, 6.07) is 15.5. The third-order valence-corrected chi connectivity index (χ3v) is 4.76. The van der Waals surface area contributed by atoms with Gasteiger partial charge in [0.05, 0.1) is 17.5 Å². The Hall–Kier alpha value is -2.96. The lowest BCUT2D eigenvalue weighted by atomic mass is 10.1. The molecule has 4 rings (SSSR count). The first kappa shape index (κ1) is 17.5. The van der Waals surface area contributed by atoms with Gasteiger partial charge in [-0.2, -0.15) is 13.2 Å². The van der Waals surface area contributed by atoms with Crippen LogP contribution < -0.4 is 9.80 Å². The van der Waals surface area contributed by atoms with Crippen molar-refractivity contribution in [1.29, 1.82) is 0 Å². The SMILES string of the molecule is FC(F)(F)c1cccc(-c2cnc(N3CCN(c4ccccc4)CC3)[nH]2)c1. The molecule has 1 aliphatic heterocycles. The molecule has 7 heteroatoms. The number of nitrogens with zero attached hydrogens (tertiary/aromatic N) is 3. The Kier molecular flexibility index (Phi) is 4.51. The summed E-state index contributed by atoms with van der Waals surface area (Å²) < 4.78 is 38.8. The Bertz CT molecular complexity index is 897.